The number of hydrogen-bond donors (Lipinski definition) is 2. The number of carbonyl (C=O) groups is 3. The van der Waals surface area contributed by atoms with Gasteiger partial charge in [-0.25, -0.2) is 0 Å². The molecule has 2 N–H and O–H groups in total. The topological polar surface area (TPSA) is 132 Å². The monoisotopic (exact) mass is 463 g/mol. The Labute approximate surface area is 195 Å². The second kappa shape index (κ2) is 10.2. The van der Waals surface area contributed by atoms with Crippen LogP contribution >= 0.6 is 0 Å². The van der Waals surface area contributed by atoms with Gasteiger partial charge in [0.05, 0.1) is 18.9 Å². The van der Waals surface area contributed by atoms with E-state index >= 15 is 0 Å². The van der Waals surface area contributed by atoms with E-state index in [4.69, 9.17) is 4.74 Å². The first-order valence-corrected chi connectivity index (χ1v) is 11.1. The van der Waals surface area contributed by atoms with Gasteiger partial charge in [0, 0.05) is 13.0 Å². The summed E-state index contributed by atoms with van der Waals surface area (Å²) in [5.74, 6) is -0.272. The Balaban J connectivity index is 1.36. The van der Waals surface area contributed by atoms with Crippen LogP contribution in [0, 0.1) is 0 Å². The zero-order chi connectivity index (χ0) is 24.1. The number of methoxy groups -OCH3 is 1. The summed E-state index contributed by atoms with van der Waals surface area (Å²) in [7, 11) is 1.59. The smallest absolute Gasteiger partial charge is 0.278 e. The van der Waals surface area contributed by atoms with Gasteiger partial charge < -0.3 is 10.1 Å². The van der Waals surface area contributed by atoms with Crippen molar-refractivity contribution in [1.82, 2.24) is 25.6 Å². The van der Waals surface area contributed by atoms with Gasteiger partial charge in [0.1, 0.15) is 17.3 Å². The highest BCUT2D eigenvalue weighted by Crippen LogP contribution is 2.17. The molecule has 1 unspecified atom stereocenters. The van der Waals surface area contributed by atoms with E-state index in [1.165, 1.54) is 0 Å². The highest BCUT2D eigenvalue weighted by molar-refractivity contribution is 5.99. The van der Waals surface area contributed by atoms with Crippen LogP contribution < -0.4 is 20.9 Å². The zero-order valence-electron chi connectivity index (χ0n) is 18.7. The number of aryl methyl sites for hydroxylation is 1. The Morgan fingerprint density at radius 3 is 2.82 bits per heavy atom. The minimum Gasteiger partial charge on any atom is -0.497 e. The van der Waals surface area contributed by atoms with E-state index in [1.54, 1.807) is 19.2 Å². The van der Waals surface area contributed by atoms with Gasteiger partial charge in [-0.05, 0) is 54.7 Å². The zero-order valence-corrected chi connectivity index (χ0v) is 18.7. The van der Waals surface area contributed by atoms with Crippen LogP contribution in [0.1, 0.15) is 36.4 Å². The van der Waals surface area contributed by atoms with Crippen LogP contribution in [0.3, 0.4) is 0 Å². The highest BCUT2D eigenvalue weighted by atomic mass is 16.5. The molecule has 4 rings (SSSR count). The van der Waals surface area contributed by atoms with Gasteiger partial charge >= 0.3 is 0 Å². The third kappa shape index (κ3) is 5.28. The molecule has 1 fully saturated rings. The van der Waals surface area contributed by atoms with Crippen LogP contribution in [-0.4, -0.2) is 46.4 Å². The summed E-state index contributed by atoms with van der Waals surface area (Å²) in [6.07, 6.45) is 1.96. The predicted molar refractivity (Wildman–Crippen MR) is 123 cm³/mol. The van der Waals surface area contributed by atoms with Crippen LogP contribution in [0.2, 0.25) is 0 Å². The molecule has 1 saturated heterocycles. The average Bonchev–Trinajstić information content (AvgIpc) is 2.83. The number of carbonyl (C=O) groups excluding carboxylic acids is 3. The summed E-state index contributed by atoms with van der Waals surface area (Å²) >= 11 is 0. The Hall–Kier alpha value is -4.08. The molecule has 1 aliphatic heterocycles. The van der Waals surface area contributed by atoms with Crippen LogP contribution in [-0.2, 0) is 27.2 Å². The van der Waals surface area contributed by atoms with Crippen molar-refractivity contribution in [3.05, 3.63) is 63.9 Å². The van der Waals surface area contributed by atoms with Gasteiger partial charge in [0.25, 0.3) is 11.5 Å². The molecule has 0 saturated carbocycles. The van der Waals surface area contributed by atoms with Gasteiger partial charge in [-0.1, -0.05) is 23.4 Å². The van der Waals surface area contributed by atoms with E-state index in [0.717, 1.165) is 15.8 Å². The van der Waals surface area contributed by atoms with Crippen molar-refractivity contribution in [3.63, 3.8) is 0 Å². The molecule has 176 valence electrons. The van der Waals surface area contributed by atoms with E-state index in [1.807, 2.05) is 30.3 Å². The van der Waals surface area contributed by atoms with Crippen molar-refractivity contribution in [2.45, 2.75) is 38.1 Å². The Bertz CT molecular complexity index is 1300. The number of aromatic nitrogens is 3. The molecule has 0 aliphatic carbocycles. The normalized spacial score (nSPS) is 15.7. The van der Waals surface area contributed by atoms with Gasteiger partial charge in [0.2, 0.25) is 11.8 Å². The summed E-state index contributed by atoms with van der Waals surface area (Å²) in [5, 5.41) is 13.5. The first-order valence-electron chi connectivity index (χ1n) is 11.1. The minimum absolute atomic E-state index is 0.0748. The van der Waals surface area contributed by atoms with Crippen LogP contribution in [0.15, 0.2) is 47.3 Å². The molecule has 3 aromatic rings. The fraction of sp³-hybridized carbons (Fsp3) is 0.333. The largest absolute Gasteiger partial charge is 0.497 e. The molecule has 1 aliphatic rings. The molecule has 10 heteroatoms. The van der Waals surface area contributed by atoms with Gasteiger partial charge in [-0.15, -0.1) is 5.10 Å². The molecule has 3 amide bonds. The van der Waals surface area contributed by atoms with Crippen molar-refractivity contribution in [1.29, 1.82) is 0 Å². The maximum absolute atomic E-state index is 13.0. The Morgan fingerprint density at radius 2 is 2.03 bits per heavy atom. The molecule has 1 atom stereocenters. The molecule has 2 aromatic carbocycles. The number of benzene rings is 2. The van der Waals surface area contributed by atoms with Gasteiger partial charge in [-0.2, -0.15) is 4.68 Å². The number of rotatable bonds is 8. The number of fused-ring (bicyclic) bond motifs is 1. The lowest BCUT2D eigenvalue weighted by Gasteiger charge is -2.21. The maximum Gasteiger partial charge on any atom is 0.278 e. The first-order chi connectivity index (χ1) is 16.4. The van der Waals surface area contributed by atoms with Crippen molar-refractivity contribution in [3.8, 4) is 5.75 Å². The predicted octanol–water partition coefficient (Wildman–Crippen LogP) is 1.07. The lowest BCUT2D eigenvalue weighted by Crippen LogP contribution is -2.45. The highest BCUT2D eigenvalue weighted by Gasteiger charge is 2.30. The second-order valence-corrected chi connectivity index (χ2v) is 8.14. The van der Waals surface area contributed by atoms with Crippen LogP contribution in [0.5, 0.6) is 5.75 Å². The van der Waals surface area contributed by atoms with E-state index in [2.05, 4.69) is 20.9 Å². The molecule has 34 heavy (non-hydrogen) atoms. The third-order valence-electron chi connectivity index (χ3n) is 5.72. The Kier molecular flexibility index (Phi) is 6.95. The van der Waals surface area contributed by atoms with Gasteiger partial charge in [-0.3, -0.25) is 24.5 Å². The summed E-state index contributed by atoms with van der Waals surface area (Å²) in [5.41, 5.74) is 1.80. The fourth-order valence-corrected chi connectivity index (χ4v) is 3.93. The van der Waals surface area contributed by atoms with E-state index in [9.17, 15) is 19.2 Å². The Morgan fingerprint density at radius 1 is 1.18 bits per heavy atom. The van der Waals surface area contributed by atoms with E-state index in [0.29, 0.717) is 36.0 Å². The van der Waals surface area contributed by atoms with Gasteiger partial charge in [0.15, 0.2) is 0 Å². The lowest BCUT2D eigenvalue weighted by molar-refractivity contribution is -0.136. The SMILES string of the molecule is COc1cccc(CC(=O)NCCCc2ccc3nnn(C4CCC(=O)NC4=O)c(=O)c3c2)c1. The molecular formula is C24H25N5O5. The summed E-state index contributed by atoms with van der Waals surface area (Å²) < 4.78 is 6.23. The molecular weight excluding hydrogens is 438 g/mol. The van der Waals surface area contributed by atoms with Crippen molar-refractivity contribution >= 4 is 28.6 Å². The number of piperidine rings is 1. The van der Waals surface area contributed by atoms with Crippen LogP contribution in [0.25, 0.3) is 10.9 Å². The van der Waals surface area contributed by atoms with Crippen molar-refractivity contribution in [2.75, 3.05) is 13.7 Å². The number of ether oxygens (including phenoxy) is 1. The number of nitrogens with zero attached hydrogens (tertiary/aromatic N) is 3. The molecule has 0 radical (unpaired) electrons. The van der Waals surface area contributed by atoms with E-state index < -0.39 is 17.5 Å². The quantitative estimate of drug-likeness (QED) is 0.377. The maximum atomic E-state index is 13.0. The fourth-order valence-electron chi connectivity index (χ4n) is 3.93. The summed E-state index contributed by atoms with van der Waals surface area (Å²) in [4.78, 5) is 48.7. The molecule has 10 nitrogen and oxygen atoms in total. The average molecular weight is 463 g/mol. The number of imide groups is 1. The molecule has 0 bridgehead atoms. The minimum atomic E-state index is -0.856. The standard InChI is InChI=1S/C24H25N5O5/c1-34-17-6-2-4-16(12-17)14-22(31)25-11-3-5-15-7-8-19-18(13-15)24(33)29(28-27-19)20-9-10-21(30)26-23(20)32/h2,4,6-8,12-13,20H,3,5,9-11,14H2,1H3,(H,25,31)(H,26,30,32). The number of hydrogen-bond acceptors (Lipinski definition) is 7. The number of nitrogens with one attached hydrogen (secondary N) is 2. The van der Waals surface area contributed by atoms with Crippen molar-refractivity contribution in [2.24, 2.45) is 0 Å². The molecule has 2 heterocycles. The third-order valence-corrected chi connectivity index (χ3v) is 5.72. The summed E-state index contributed by atoms with van der Waals surface area (Å²) in [6, 6.07) is 11.9. The summed E-state index contributed by atoms with van der Waals surface area (Å²) in [6.45, 7) is 0.496. The lowest BCUT2D eigenvalue weighted by atomic mass is 10.1. The first kappa shape index (κ1) is 23.1. The van der Waals surface area contributed by atoms with Crippen LogP contribution in [0.4, 0.5) is 0 Å². The molecule has 1 aromatic heterocycles. The molecule has 0 spiro atoms. The van der Waals surface area contributed by atoms with E-state index in [-0.39, 0.29) is 31.1 Å². The second-order valence-electron chi connectivity index (χ2n) is 8.14. The number of amides is 3. The van der Waals surface area contributed by atoms with Crippen molar-refractivity contribution < 1.29 is 19.1 Å².